The number of rotatable bonds is 8. The number of carbonyl (C=O) groups excluding carboxylic acids is 2. The summed E-state index contributed by atoms with van der Waals surface area (Å²) in [6.07, 6.45) is -0.336. The lowest BCUT2D eigenvalue weighted by atomic mass is 9.97. The number of methoxy groups -OCH3 is 1. The van der Waals surface area contributed by atoms with Crippen molar-refractivity contribution in [3.63, 3.8) is 0 Å². The molecule has 2 heterocycles. The number of hydrogen-bond donors (Lipinski definition) is 3. The first-order chi connectivity index (χ1) is 20.0. The van der Waals surface area contributed by atoms with Gasteiger partial charge in [0, 0.05) is 50.8 Å². The smallest absolute Gasteiger partial charge is 0.410 e. The van der Waals surface area contributed by atoms with E-state index in [4.69, 9.17) is 14.5 Å². The summed E-state index contributed by atoms with van der Waals surface area (Å²) in [5.74, 6) is 0.914. The Balaban J connectivity index is 1.67. The first-order valence-electron chi connectivity index (χ1n) is 13.8. The number of aliphatic hydroxyl groups is 1. The second-order valence-electron chi connectivity index (χ2n) is 11.0. The van der Waals surface area contributed by atoms with Crippen molar-refractivity contribution in [1.82, 2.24) is 9.88 Å². The van der Waals surface area contributed by atoms with Gasteiger partial charge in [0.1, 0.15) is 28.8 Å². The first kappa shape index (κ1) is 30.6. The Kier molecular flexibility index (Phi) is 9.52. The van der Waals surface area contributed by atoms with E-state index in [-0.39, 0.29) is 24.3 Å². The number of ether oxygens (including phenoxy) is 2. The number of aromatic nitrogens is 1. The van der Waals surface area contributed by atoms with Crippen LogP contribution in [0.5, 0.6) is 5.75 Å². The monoisotopic (exact) mass is 579 g/mol. The molecule has 10 nitrogen and oxygen atoms in total. The molecule has 0 spiro atoms. The van der Waals surface area contributed by atoms with Gasteiger partial charge in [-0.25, -0.2) is 14.2 Å². The number of nitrogens with zero attached hydrogens (tertiary/aromatic N) is 3. The lowest BCUT2D eigenvalue weighted by Crippen LogP contribution is -2.50. The number of aliphatic hydroxyl groups excluding tert-OH is 1. The third kappa shape index (κ3) is 7.47. The standard InChI is InChI=1S/C31H38FN5O5/c1-20(39)34-26-10-9-21(17-25(26)32)23-7-6-8-24(29(23)41-5)22-18-27(33-11-16-38)35-28(19-22)36-12-14-37(15-13-36)30(40)42-31(2,3)4/h6-10,17-19,38H,11-16H2,1-5H3,(H,33,35)(H,34,39). The van der Waals surface area contributed by atoms with Crippen molar-refractivity contribution in [3.8, 4) is 28.0 Å². The Hall–Kier alpha value is -4.38. The lowest BCUT2D eigenvalue weighted by molar-refractivity contribution is -0.114. The number of anilines is 3. The zero-order valence-corrected chi connectivity index (χ0v) is 24.7. The van der Waals surface area contributed by atoms with E-state index in [1.807, 2.05) is 51.1 Å². The molecule has 3 N–H and O–H groups in total. The largest absolute Gasteiger partial charge is 0.495 e. The summed E-state index contributed by atoms with van der Waals surface area (Å²) in [6.45, 7) is 9.21. The summed E-state index contributed by atoms with van der Waals surface area (Å²) in [5.41, 5.74) is 2.38. The molecule has 0 bridgehead atoms. The normalized spacial score (nSPS) is 13.5. The Morgan fingerprint density at radius 3 is 2.31 bits per heavy atom. The molecule has 4 rings (SSSR count). The number of halogens is 1. The number of pyridine rings is 1. The summed E-state index contributed by atoms with van der Waals surface area (Å²) in [7, 11) is 1.56. The summed E-state index contributed by atoms with van der Waals surface area (Å²) in [6, 6.07) is 14.1. The van der Waals surface area contributed by atoms with E-state index in [1.54, 1.807) is 18.1 Å². The second-order valence-corrected chi connectivity index (χ2v) is 11.0. The quantitative estimate of drug-likeness (QED) is 0.342. The van der Waals surface area contributed by atoms with Gasteiger partial charge in [-0.15, -0.1) is 0 Å². The molecule has 3 aromatic rings. The van der Waals surface area contributed by atoms with Gasteiger partial charge in [0.25, 0.3) is 0 Å². The van der Waals surface area contributed by atoms with Crippen molar-refractivity contribution < 1.29 is 28.6 Å². The number of amides is 2. The van der Waals surface area contributed by atoms with Crippen LogP contribution in [0.25, 0.3) is 22.3 Å². The van der Waals surface area contributed by atoms with Crippen LogP contribution in [0.15, 0.2) is 48.5 Å². The molecular formula is C31H38FN5O5. The van der Waals surface area contributed by atoms with Crippen molar-refractivity contribution in [2.75, 3.05) is 62.0 Å². The van der Waals surface area contributed by atoms with Crippen LogP contribution < -0.4 is 20.3 Å². The molecule has 0 radical (unpaired) electrons. The predicted octanol–water partition coefficient (Wildman–Crippen LogP) is 4.98. The SMILES string of the molecule is COc1c(-c2cc(NCCO)nc(N3CCN(C(=O)OC(C)(C)C)CC3)c2)cccc1-c1ccc(NC(C)=O)c(F)c1. The van der Waals surface area contributed by atoms with E-state index in [1.165, 1.54) is 19.1 Å². The van der Waals surface area contributed by atoms with Gasteiger partial charge >= 0.3 is 6.09 Å². The molecule has 1 aromatic heterocycles. The zero-order chi connectivity index (χ0) is 30.4. The molecule has 0 unspecified atom stereocenters. The number of piperazine rings is 1. The van der Waals surface area contributed by atoms with Gasteiger partial charge in [-0.1, -0.05) is 24.3 Å². The maximum absolute atomic E-state index is 14.8. The van der Waals surface area contributed by atoms with Crippen LogP contribution in [0.3, 0.4) is 0 Å². The molecule has 42 heavy (non-hydrogen) atoms. The van der Waals surface area contributed by atoms with E-state index in [9.17, 15) is 19.1 Å². The Bertz CT molecular complexity index is 1430. The summed E-state index contributed by atoms with van der Waals surface area (Å²) in [5, 5.41) is 15.0. The zero-order valence-electron chi connectivity index (χ0n) is 24.7. The van der Waals surface area contributed by atoms with Crippen LogP contribution in [-0.4, -0.2) is 79.0 Å². The van der Waals surface area contributed by atoms with Crippen molar-refractivity contribution in [2.24, 2.45) is 0 Å². The molecule has 1 aliphatic rings. The van der Waals surface area contributed by atoms with Crippen LogP contribution in [0, 0.1) is 5.82 Å². The number of para-hydroxylation sites is 1. The molecule has 0 saturated carbocycles. The average molecular weight is 580 g/mol. The van der Waals surface area contributed by atoms with Gasteiger partial charge in [0.15, 0.2) is 0 Å². The Morgan fingerprint density at radius 2 is 1.71 bits per heavy atom. The average Bonchev–Trinajstić information content (AvgIpc) is 2.95. The maximum atomic E-state index is 14.8. The van der Waals surface area contributed by atoms with Crippen molar-refractivity contribution in [1.29, 1.82) is 0 Å². The molecule has 2 aromatic carbocycles. The van der Waals surface area contributed by atoms with Gasteiger partial charge < -0.3 is 35.0 Å². The van der Waals surface area contributed by atoms with E-state index >= 15 is 0 Å². The summed E-state index contributed by atoms with van der Waals surface area (Å²) >= 11 is 0. The molecule has 2 amide bonds. The molecule has 0 atom stereocenters. The lowest BCUT2D eigenvalue weighted by Gasteiger charge is -2.36. The van der Waals surface area contributed by atoms with E-state index in [0.717, 1.165) is 11.1 Å². The second kappa shape index (κ2) is 13.1. The molecule has 0 aliphatic carbocycles. The van der Waals surface area contributed by atoms with Gasteiger partial charge in [0.05, 0.1) is 19.4 Å². The minimum absolute atomic E-state index is 0.0609. The van der Waals surface area contributed by atoms with Crippen LogP contribution >= 0.6 is 0 Å². The Labute approximate surface area is 245 Å². The van der Waals surface area contributed by atoms with Crippen molar-refractivity contribution in [3.05, 3.63) is 54.3 Å². The number of carbonyl (C=O) groups is 2. The van der Waals surface area contributed by atoms with Gasteiger partial charge in [-0.2, -0.15) is 0 Å². The maximum Gasteiger partial charge on any atom is 0.410 e. The third-order valence-corrected chi connectivity index (χ3v) is 6.61. The fourth-order valence-electron chi connectivity index (χ4n) is 4.74. The molecule has 1 aliphatic heterocycles. The van der Waals surface area contributed by atoms with Crippen LogP contribution in [-0.2, 0) is 9.53 Å². The van der Waals surface area contributed by atoms with Crippen molar-refractivity contribution in [2.45, 2.75) is 33.3 Å². The summed E-state index contributed by atoms with van der Waals surface area (Å²) < 4.78 is 26.2. The highest BCUT2D eigenvalue weighted by molar-refractivity contribution is 5.90. The fourth-order valence-corrected chi connectivity index (χ4v) is 4.74. The molecule has 1 saturated heterocycles. The van der Waals surface area contributed by atoms with Crippen LogP contribution in [0.1, 0.15) is 27.7 Å². The topological polar surface area (TPSA) is 116 Å². The van der Waals surface area contributed by atoms with Gasteiger partial charge in [-0.3, -0.25) is 4.79 Å². The molecule has 1 fully saturated rings. The van der Waals surface area contributed by atoms with E-state index in [0.29, 0.717) is 61.2 Å². The van der Waals surface area contributed by atoms with E-state index in [2.05, 4.69) is 15.5 Å². The van der Waals surface area contributed by atoms with Gasteiger partial charge in [-0.05, 0) is 56.2 Å². The molecule has 224 valence electrons. The minimum atomic E-state index is -0.565. The number of hydrogen-bond acceptors (Lipinski definition) is 8. The summed E-state index contributed by atoms with van der Waals surface area (Å²) in [4.78, 5) is 32.5. The number of nitrogens with one attached hydrogen (secondary N) is 2. The fraction of sp³-hybridized carbons (Fsp3) is 0.387. The highest BCUT2D eigenvalue weighted by atomic mass is 19.1. The predicted molar refractivity (Wildman–Crippen MR) is 162 cm³/mol. The highest BCUT2D eigenvalue weighted by Gasteiger charge is 2.27. The van der Waals surface area contributed by atoms with Crippen LogP contribution in [0.4, 0.5) is 26.5 Å². The first-order valence-corrected chi connectivity index (χ1v) is 13.8. The minimum Gasteiger partial charge on any atom is -0.495 e. The molecule has 11 heteroatoms. The molecular weight excluding hydrogens is 541 g/mol. The van der Waals surface area contributed by atoms with Gasteiger partial charge in [0.2, 0.25) is 5.91 Å². The highest BCUT2D eigenvalue weighted by Crippen LogP contribution is 2.41. The van der Waals surface area contributed by atoms with Crippen LogP contribution in [0.2, 0.25) is 0 Å². The third-order valence-electron chi connectivity index (χ3n) is 6.61. The Morgan fingerprint density at radius 1 is 1.02 bits per heavy atom. The van der Waals surface area contributed by atoms with Crippen molar-refractivity contribution >= 4 is 29.3 Å². The number of benzene rings is 2. The van der Waals surface area contributed by atoms with E-state index < -0.39 is 11.4 Å².